The Morgan fingerprint density at radius 3 is 2.31 bits per heavy atom. The number of H-pyrrole nitrogens is 1. The number of carbonyl (C=O) groups excluding carboxylic acids is 2. The number of rotatable bonds is 26. The van der Waals surface area contributed by atoms with Crippen LogP contribution in [0.15, 0.2) is 120 Å². The Balaban J connectivity index is 0.823. The van der Waals surface area contributed by atoms with E-state index in [1.165, 1.54) is 17.8 Å². The number of hydrogen-bond donors (Lipinski definition) is 5. The minimum Gasteiger partial charge on any atom is -0.506 e. The molecular formula is C61H75N5O7Si. The van der Waals surface area contributed by atoms with Crippen molar-refractivity contribution in [1.29, 1.82) is 0 Å². The molecule has 1 amide bonds. The quantitative estimate of drug-likeness (QED) is 0.0199. The third-order valence-electron chi connectivity index (χ3n) is 14.5. The van der Waals surface area contributed by atoms with Crippen LogP contribution in [0.2, 0.25) is 18.1 Å². The van der Waals surface area contributed by atoms with E-state index in [0.717, 1.165) is 114 Å². The minimum absolute atomic E-state index is 0.0258. The summed E-state index contributed by atoms with van der Waals surface area (Å²) in [4.78, 5) is 46.0. The van der Waals surface area contributed by atoms with E-state index in [1.807, 2.05) is 74.5 Å². The number of hydrogen-bond acceptors (Lipinski definition) is 10. The van der Waals surface area contributed by atoms with Gasteiger partial charge in [-0.1, -0.05) is 101 Å². The highest BCUT2D eigenvalue weighted by molar-refractivity contribution is 6.74. The molecule has 390 valence electrons. The topological polar surface area (TPSA) is 178 Å². The molecule has 6 N–H and O–H groups in total. The molecule has 0 aliphatic carbocycles. The summed E-state index contributed by atoms with van der Waals surface area (Å²) in [6.45, 7) is 18.2. The molecule has 0 saturated heterocycles. The number of fused-ring (bicyclic) bond motifs is 2. The van der Waals surface area contributed by atoms with Gasteiger partial charge in [0.2, 0.25) is 5.56 Å². The molecule has 7 aromatic rings. The van der Waals surface area contributed by atoms with Gasteiger partial charge in [-0.05, 0) is 140 Å². The van der Waals surface area contributed by atoms with Crippen LogP contribution in [0.4, 0.5) is 11.4 Å². The number of benzene rings is 5. The van der Waals surface area contributed by atoms with Gasteiger partial charge in [-0.2, -0.15) is 0 Å². The molecule has 2 aromatic heterocycles. The van der Waals surface area contributed by atoms with Crippen LogP contribution in [-0.4, -0.2) is 68.5 Å². The number of ether oxygens (including phenoxy) is 2. The first-order valence-corrected chi connectivity index (χ1v) is 29.0. The summed E-state index contributed by atoms with van der Waals surface area (Å²) < 4.78 is 18.4. The van der Waals surface area contributed by atoms with E-state index in [-0.39, 0.29) is 39.7 Å². The van der Waals surface area contributed by atoms with Gasteiger partial charge >= 0.3 is 0 Å². The predicted octanol–water partition coefficient (Wildman–Crippen LogP) is 12.8. The Morgan fingerprint density at radius 1 is 0.824 bits per heavy atom. The van der Waals surface area contributed by atoms with Crippen molar-refractivity contribution in [3.05, 3.63) is 170 Å². The average molecular weight is 1020 g/mol. The van der Waals surface area contributed by atoms with Crippen molar-refractivity contribution in [3.63, 3.8) is 0 Å². The summed E-state index contributed by atoms with van der Waals surface area (Å²) in [5.74, 6) is -0.0772. The number of pyridine rings is 2. The number of nitrogens with zero attached hydrogens (tertiary/aromatic N) is 1. The summed E-state index contributed by atoms with van der Waals surface area (Å²) in [6.07, 6.45) is 9.16. The zero-order valence-corrected chi connectivity index (χ0v) is 45.5. The van der Waals surface area contributed by atoms with E-state index in [0.29, 0.717) is 35.5 Å². The monoisotopic (exact) mass is 1020 g/mol. The van der Waals surface area contributed by atoms with Crippen LogP contribution >= 0.6 is 0 Å². The van der Waals surface area contributed by atoms with Gasteiger partial charge in [-0.15, -0.1) is 0 Å². The lowest BCUT2D eigenvalue weighted by Crippen LogP contribution is -2.43. The van der Waals surface area contributed by atoms with Crippen LogP contribution in [0.5, 0.6) is 11.5 Å². The third kappa shape index (κ3) is 14.1. The van der Waals surface area contributed by atoms with Crippen molar-refractivity contribution in [2.75, 3.05) is 38.7 Å². The van der Waals surface area contributed by atoms with E-state index in [2.05, 4.69) is 84.8 Å². The third-order valence-corrected chi connectivity index (χ3v) is 19.0. The standard InChI is InChI=1S/C61H75N5O7Si/c1-40-33-44(36-51-56(40)64-38-52(60(62)70)57(51)65-47-20-16-21-48(37-47)71-6)34-43-18-15-19-46(35-43)59(69)41(2)45-24-22-42(23-25-45)17-11-14-32-72-31-13-10-9-12-30-63-39-54(73-74(7,8)61(3,4)5)49-26-28-53(67)58-50(49)27-29-55(68)66-58/h15-16,18-29,33,35-38,41,54,63,67H,9-14,17,30-32,34,39H2,1-8H3,(H2,62,70)(H,64,65)(H,66,68)/t41?,54-/m0/s1. The second-order valence-corrected chi connectivity index (χ2v) is 25.9. The normalized spacial score (nSPS) is 12.8. The van der Waals surface area contributed by atoms with Crippen molar-refractivity contribution in [1.82, 2.24) is 15.3 Å². The molecule has 0 saturated carbocycles. The lowest BCUT2D eigenvalue weighted by atomic mass is 9.90. The maximum Gasteiger partial charge on any atom is 0.252 e. The number of phenols is 1. The highest BCUT2D eigenvalue weighted by atomic mass is 28.4. The van der Waals surface area contributed by atoms with Crippen molar-refractivity contribution >= 4 is 53.2 Å². The molecule has 7 rings (SSSR count). The van der Waals surface area contributed by atoms with Gasteiger partial charge < -0.3 is 40.4 Å². The first-order valence-electron chi connectivity index (χ1n) is 26.1. The van der Waals surface area contributed by atoms with Crippen LogP contribution in [0.3, 0.4) is 0 Å². The molecule has 0 aliphatic heterocycles. The van der Waals surface area contributed by atoms with Crippen LogP contribution in [0, 0.1) is 6.92 Å². The maximum absolute atomic E-state index is 13.9. The van der Waals surface area contributed by atoms with Crippen molar-refractivity contribution < 1.29 is 28.6 Å². The first-order chi connectivity index (χ1) is 35.4. The van der Waals surface area contributed by atoms with Gasteiger partial charge in [0, 0.05) is 66.0 Å². The van der Waals surface area contributed by atoms with Crippen LogP contribution in [0.25, 0.3) is 21.8 Å². The molecule has 0 radical (unpaired) electrons. The fourth-order valence-electron chi connectivity index (χ4n) is 9.23. The lowest BCUT2D eigenvalue weighted by Gasteiger charge is -2.39. The highest BCUT2D eigenvalue weighted by Gasteiger charge is 2.40. The predicted molar refractivity (Wildman–Crippen MR) is 302 cm³/mol. The van der Waals surface area contributed by atoms with Gasteiger partial charge in [0.25, 0.3) is 5.91 Å². The Morgan fingerprint density at radius 2 is 1.57 bits per heavy atom. The van der Waals surface area contributed by atoms with Gasteiger partial charge in [0.05, 0.1) is 35.5 Å². The molecule has 0 bridgehead atoms. The molecule has 0 spiro atoms. The SMILES string of the molecule is COc1cccc(Nc2c(C(N)=O)cnc3c(C)cc(Cc4cccc(C(=O)C(C)c5ccc(CCCCOCCCCCCNC[C@H](O[Si](C)(C)C(C)(C)C)c6ccc(O)c7[nH]c(=O)ccc67)cc5)c4)cc23)c1. The maximum atomic E-state index is 13.9. The van der Waals surface area contributed by atoms with E-state index in [1.54, 1.807) is 19.2 Å². The molecule has 12 nitrogen and oxygen atoms in total. The Hall–Kier alpha value is -6.64. The Kier molecular flexibility index (Phi) is 18.7. The fraction of sp³-hybridized carbons (Fsp3) is 0.377. The molecule has 5 aromatic carbocycles. The molecule has 1 unspecified atom stereocenters. The number of aromatic hydroxyl groups is 1. The van der Waals surface area contributed by atoms with Crippen molar-refractivity contribution in [2.45, 2.75) is 116 Å². The average Bonchev–Trinajstić information content (AvgIpc) is 3.37. The zero-order chi connectivity index (χ0) is 53.0. The highest BCUT2D eigenvalue weighted by Crippen LogP contribution is 2.41. The van der Waals surface area contributed by atoms with Crippen LogP contribution < -0.4 is 26.7 Å². The number of aromatic nitrogens is 2. The second kappa shape index (κ2) is 25.1. The number of anilines is 2. The largest absolute Gasteiger partial charge is 0.506 e. The number of aromatic amines is 1. The molecule has 74 heavy (non-hydrogen) atoms. The summed E-state index contributed by atoms with van der Waals surface area (Å²) in [7, 11) is -0.528. The molecule has 13 heteroatoms. The molecular weight excluding hydrogens is 943 g/mol. The number of methoxy groups -OCH3 is 1. The van der Waals surface area contributed by atoms with Crippen LogP contribution in [0.1, 0.15) is 132 Å². The molecule has 2 atom stereocenters. The van der Waals surface area contributed by atoms with Gasteiger partial charge in [-0.3, -0.25) is 19.4 Å². The molecule has 2 heterocycles. The smallest absolute Gasteiger partial charge is 0.252 e. The number of nitrogens with one attached hydrogen (secondary N) is 3. The number of carbonyl (C=O) groups is 2. The number of phenolic OH excluding ortho intramolecular Hbond substituents is 1. The van der Waals surface area contributed by atoms with Gasteiger partial charge in [0.1, 0.15) is 11.5 Å². The fourth-order valence-corrected chi connectivity index (χ4v) is 10.5. The van der Waals surface area contributed by atoms with E-state index < -0.39 is 14.2 Å². The Bertz CT molecular complexity index is 3110. The number of unbranched alkanes of at least 4 members (excludes halogenated alkanes) is 4. The number of nitrogens with two attached hydrogens (primary N) is 1. The van der Waals surface area contributed by atoms with E-state index >= 15 is 0 Å². The molecule has 0 aliphatic rings. The van der Waals surface area contributed by atoms with Crippen molar-refractivity contribution in [2.24, 2.45) is 5.73 Å². The number of aryl methyl sites for hydroxylation is 2. The lowest BCUT2D eigenvalue weighted by molar-refractivity contribution is 0.0964. The summed E-state index contributed by atoms with van der Waals surface area (Å²) in [6, 6.07) is 34.8. The number of amides is 1. The Labute approximate surface area is 437 Å². The second-order valence-electron chi connectivity index (χ2n) is 21.1. The minimum atomic E-state index is -2.14. The van der Waals surface area contributed by atoms with Crippen LogP contribution in [-0.2, 0) is 22.0 Å². The van der Waals surface area contributed by atoms with Crippen molar-refractivity contribution in [3.8, 4) is 11.5 Å². The van der Waals surface area contributed by atoms with Gasteiger partial charge in [0.15, 0.2) is 14.1 Å². The first kappa shape index (κ1) is 55.1. The zero-order valence-electron chi connectivity index (χ0n) is 44.5. The summed E-state index contributed by atoms with van der Waals surface area (Å²) in [5, 5.41) is 19.1. The molecule has 0 fully saturated rings. The summed E-state index contributed by atoms with van der Waals surface area (Å²) in [5.41, 5.74) is 15.3. The van der Waals surface area contributed by atoms with E-state index in [9.17, 15) is 19.5 Å². The van der Waals surface area contributed by atoms with Gasteiger partial charge in [-0.25, -0.2) is 0 Å². The summed E-state index contributed by atoms with van der Waals surface area (Å²) >= 11 is 0. The van der Waals surface area contributed by atoms with E-state index in [4.69, 9.17) is 19.6 Å². The number of primary amides is 1. The number of Topliss-reactive ketones (excluding diaryl/α,β-unsaturated/α-hetero) is 1. The number of ketones is 1.